The second kappa shape index (κ2) is 6.82. The van der Waals surface area contributed by atoms with Crippen LogP contribution in [0, 0.1) is 0 Å². The van der Waals surface area contributed by atoms with Gasteiger partial charge in [0.15, 0.2) is 6.61 Å². The van der Waals surface area contributed by atoms with E-state index in [2.05, 4.69) is 10.1 Å². The molecule has 3 rings (SSSR count). The van der Waals surface area contributed by atoms with Gasteiger partial charge < -0.3 is 9.26 Å². The molecular weight excluding hydrogens is 300 g/mol. The van der Waals surface area contributed by atoms with E-state index in [1.54, 1.807) is 6.08 Å². The van der Waals surface area contributed by atoms with Gasteiger partial charge >= 0.3 is 5.97 Å². The van der Waals surface area contributed by atoms with Crippen LogP contribution in [0.15, 0.2) is 58.4 Å². The van der Waals surface area contributed by atoms with Crippen LogP contribution in [0.1, 0.15) is 11.5 Å². The van der Waals surface area contributed by atoms with Crippen LogP contribution in [0.4, 0.5) is 0 Å². The van der Waals surface area contributed by atoms with Crippen LogP contribution in [-0.2, 0) is 16.1 Å². The van der Waals surface area contributed by atoms with Crippen molar-refractivity contribution >= 4 is 23.4 Å². The number of hydrogen-bond acceptors (Lipinski definition) is 6. The molecule has 2 aromatic heterocycles. The average molecular weight is 312 g/mol. The molecule has 0 N–H and O–H groups in total. The van der Waals surface area contributed by atoms with Gasteiger partial charge in [-0.25, -0.2) is 4.79 Å². The lowest BCUT2D eigenvalue weighted by molar-refractivity contribution is -0.139. The standard InChI is InChI=1S/C16H12N2O3S/c19-15(9-8-12-5-2-1-3-6-12)20-11-14-17-16(18-21-14)13-7-4-10-22-13/h1-10H,11H2/b9-8+. The van der Waals surface area contributed by atoms with Crippen molar-refractivity contribution in [3.8, 4) is 10.7 Å². The highest BCUT2D eigenvalue weighted by Crippen LogP contribution is 2.21. The van der Waals surface area contributed by atoms with Crippen molar-refractivity contribution in [3.05, 3.63) is 65.4 Å². The van der Waals surface area contributed by atoms with Crippen molar-refractivity contribution in [2.75, 3.05) is 0 Å². The number of ether oxygens (including phenoxy) is 1. The Morgan fingerprint density at radius 2 is 2.09 bits per heavy atom. The van der Waals surface area contributed by atoms with Gasteiger partial charge in [-0.2, -0.15) is 4.98 Å². The van der Waals surface area contributed by atoms with Crippen molar-refractivity contribution in [1.29, 1.82) is 0 Å². The molecule has 5 nitrogen and oxygen atoms in total. The summed E-state index contributed by atoms with van der Waals surface area (Å²) in [5.41, 5.74) is 0.928. The highest BCUT2D eigenvalue weighted by Gasteiger charge is 2.10. The molecule has 0 aliphatic carbocycles. The Kier molecular flexibility index (Phi) is 4.41. The number of aromatic nitrogens is 2. The molecule has 0 atom stereocenters. The van der Waals surface area contributed by atoms with E-state index >= 15 is 0 Å². The predicted molar refractivity (Wildman–Crippen MR) is 82.9 cm³/mol. The Balaban J connectivity index is 1.54. The molecule has 22 heavy (non-hydrogen) atoms. The van der Waals surface area contributed by atoms with Gasteiger partial charge in [0.25, 0.3) is 5.89 Å². The van der Waals surface area contributed by atoms with Crippen molar-refractivity contribution in [2.45, 2.75) is 6.61 Å². The molecule has 0 saturated heterocycles. The molecule has 6 heteroatoms. The Bertz CT molecular complexity index is 764. The van der Waals surface area contributed by atoms with E-state index in [-0.39, 0.29) is 12.5 Å². The fraction of sp³-hybridized carbons (Fsp3) is 0.0625. The number of esters is 1. The number of rotatable bonds is 5. The fourth-order valence-corrected chi connectivity index (χ4v) is 2.38. The first kappa shape index (κ1) is 14.2. The van der Waals surface area contributed by atoms with E-state index in [4.69, 9.17) is 9.26 Å². The first-order valence-corrected chi connectivity index (χ1v) is 7.45. The zero-order valence-corrected chi connectivity index (χ0v) is 12.3. The molecule has 0 radical (unpaired) electrons. The number of thiophene rings is 1. The summed E-state index contributed by atoms with van der Waals surface area (Å²) in [4.78, 5) is 16.7. The average Bonchev–Trinajstić information content (AvgIpc) is 3.22. The lowest BCUT2D eigenvalue weighted by atomic mass is 10.2. The van der Waals surface area contributed by atoms with Gasteiger partial charge in [0.2, 0.25) is 5.82 Å². The van der Waals surface area contributed by atoms with Gasteiger partial charge in [0, 0.05) is 6.08 Å². The summed E-state index contributed by atoms with van der Waals surface area (Å²) in [6.07, 6.45) is 3.05. The normalized spacial score (nSPS) is 10.9. The summed E-state index contributed by atoms with van der Waals surface area (Å²) in [5.74, 6) is 0.311. The molecule has 0 unspecified atom stereocenters. The van der Waals surface area contributed by atoms with E-state index in [0.29, 0.717) is 5.82 Å². The zero-order valence-electron chi connectivity index (χ0n) is 11.5. The molecule has 0 aliphatic rings. The third kappa shape index (κ3) is 3.67. The zero-order chi connectivity index (χ0) is 15.2. The second-order valence-corrected chi connectivity index (χ2v) is 5.29. The highest BCUT2D eigenvalue weighted by molar-refractivity contribution is 7.13. The molecular formula is C16H12N2O3S. The number of nitrogens with zero attached hydrogens (tertiary/aromatic N) is 2. The minimum absolute atomic E-state index is 0.0453. The third-order valence-electron chi connectivity index (χ3n) is 2.76. The van der Waals surface area contributed by atoms with Crippen molar-refractivity contribution in [1.82, 2.24) is 10.1 Å². The monoisotopic (exact) mass is 312 g/mol. The summed E-state index contributed by atoms with van der Waals surface area (Å²) < 4.78 is 10.1. The smallest absolute Gasteiger partial charge is 0.331 e. The van der Waals surface area contributed by atoms with Gasteiger partial charge in [0.05, 0.1) is 4.88 Å². The summed E-state index contributed by atoms with van der Waals surface area (Å²) >= 11 is 1.52. The summed E-state index contributed by atoms with van der Waals surface area (Å²) in [6, 6.07) is 13.3. The van der Waals surface area contributed by atoms with Gasteiger partial charge in [-0.05, 0) is 23.1 Å². The molecule has 0 amide bonds. The SMILES string of the molecule is O=C(/C=C/c1ccccc1)OCc1nc(-c2cccs2)no1. The molecule has 2 heterocycles. The first-order chi connectivity index (χ1) is 10.8. The van der Waals surface area contributed by atoms with E-state index < -0.39 is 5.97 Å². The molecule has 0 spiro atoms. The Morgan fingerprint density at radius 3 is 2.86 bits per heavy atom. The van der Waals surface area contributed by atoms with Crippen molar-refractivity contribution < 1.29 is 14.1 Å². The molecule has 3 aromatic rings. The molecule has 1 aromatic carbocycles. The maximum absolute atomic E-state index is 11.6. The van der Waals surface area contributed by atoms with Gasteiger partial charge in [-0.3, -0.25) is 0 Å². The molecule has 0 aliphatic heterocycles. The first-order valence-electron chi connectivity index (χ1n) is 6.57. The summed E-state index contributed by atoms with van der Waals surface area (Å²) in [7, 11) is 0. The van der Waals surface area contributed by atoms with E-state index in [9.17, 15) is 4.79 Å². The summed E-state index contributed by atoms with van der Waals surface area (Å²) in [6.45, 7) is -0.0453. The Labute approximate surface area is 130 Å². The lowest BCUT2D eigenvalue weighted by Gasteiger charge is -1.96. The van der Waals surface area contributed by atoms with E-state index in [1.165, 1.54) is 17.4 Å². The molecule has 0 saturated carbocycles. The van der Waals surface area contributed by atoms with Crippen LogP contribution in [-0.4, -0.2) is 16.1 Å². The molecule has 110 valence electrons. The second-order valence-electron chi connectivity index (χ2n) is 4.34. The topological polar surface area (TPSA) is 65.2 Å². The van der Waals surface area contributed by atoms with E-state index in [1.807, 2.05) is 47.8 Å². The largest absolute Gasteiger partial charge is 0.452 e. The molecule has 0 bridgehead atoms. The van der Waals surface area contributed by atoms with Crippen molar-refractivity contribution in [2.24, 2.45) is 0 Å². The van der Waals surface area contributed by atoms with Gasteiger partial charge in [-0.1, -0.05) is 41.6 Å². The number of benzene rings is 1. The predicted octanol–water partition coefficient (Wildman–Crippen LogP) is 3.55. The minimum atomic E-state index is -0.459. The van der Waals surface area contributed by atoms with Gasteiger partial charge in [-0.15, -0.1) is 11.3 Å². The molecule has 0 fully saturated rings. The number of carbonyl (C=O) groups is 1. The lowest BCUT2D eigenvalue weighted by Crippen LogP contribution is -2.00. The van der Waals surface area contributed by atoms with Crippen LogP contribution < -0.4 is 0 Å². The Morgan fingerprint density at radius 1 is 1.23 bits per heavy atom. The fourth-order valence-electron chi connectivity index (χ4n) is 1.73. The van der Waals surface area contributed by atoms with E-state index in [0.717, 1.165) is 10.4 Å². The van der Waals surface area contributed by atoms with Crippen molar-refractivity contribution in [3.63, 3.8) is 0 Å². The summed E-state index contributed by atoms with van der Waals surface area (Å²) in [5, 5.41) is 5.78. The van der Waals surface area contributed by atoms with Crippen LogP contribution >= 0.6 is 11.3 Å². The van der Waals surface area contributed by atoms with Gasteiger partial charge in [0.1, 0.15) is 0 Å². The van der Waals surface area contributed by atoms with Crippen LogP contribution in [0.3, 0.4) is 0 Å². The Hall–Kier alpha value is -2.73. The highest BCUT2D eigenvalue weighted by atomic mass is 32.1. The van der Waals surface area contributed by atoms with Crippen LogP contribution in [0.2, 0.25) is 0 Å². The minimum Gasteiger partial charge on any atom is -0.452 e. The third-order valence-corrected chi connectivity index (χ3v) is 3.62. The number of carbonyl (C=O) groups excluding carboxylic acids is 1. The maximum Gasteiger partial charge on any atom is 0.331 e. The maximum atomic E-state index is 11.6. The van der Waals surface area contributed by atoms with Crippen LogP contribution in [0.25, 0.3) is 16.8 Å². The van der Waals surface area contributed by atoms with Crippen LogP contribution in [0.5, 0.6) is 0 Å². The quantitative estimate of drug-likeness (QED) is 0.532. The number of hydrogen-bond donors (Lipinski definition) is 0.